The maximum absolute atomic E-state index is 12.3. The third kappa shape index (κ3) is 7.87. The molecular weight excluding hydrogens is 262 g/mol. The lowest BCUT2D eigenvalue weighted by atomic mass is 10.3. The van der Waals surface area contributed by atoms with Crippen LogP contribution in [0.5, 0.6) is 0 Å². The lowest BCUT2D eigenvalue weighted by molar-refractivity contribution is 0.271. The Kier molecular flexibility index (Phi) is 9.60. The fraction of sp³-hybridized carbons (Fsp3) is 1.00. The molecule has 0 aliphatic rings. The third-order valence-electron chi connectivity index (χ3n) is 2.97. The molecule has 0 aliphatic heterocycles. The Labute approximate surface area is 119 Å². The zero-order chi connectivity index (χ0) is 14.9. The molecule has 0 amide bonds. The van der Waals surface area contributed by atoms with Crippen LogP contribution in [-0.4, -0.2) is 69.7 Å². The van der Waals surface area contributed by atoms with Crippen molar-refractivity contribution in [1.82, 2.24) is 14.5 Å². The Morgan fingerprint density at radius 1 is 1.16 bits per heavy atom. The van der Waals surface area contributed by atoms with Crippen molar-refractivity contribution in [3.8, 4) is 0 Å². The van der Waals surface area contributed by atoms with Crippen LogP contribution < -0.4 is 5.32 Å². The predicted molar refractivity (Wildman–Crippen MR) is 82.0 cm³/mol. The first kappa shape index (κ1) is 18.8. The number of rotatable bonds is 11. The van der Waals surface area contributed by atoms with Crippen LogP contribution in [0.15, 0.2) is 0 Å². The fourth-order valence-electron chi connectivity index (χ4n) is 2.20. The summed E-state index contributed by atoms with van der Waals surface area (Å²) >= 11 is 0. The van der Waals surface area contributed by atoms with Gasteiger partial charge in [-0.25, -0.2) is 8.42 Å². The highest BCUT2D eigenvalue weighted by Crippen LogP contribution is 2.09. The molecule has 0 aromatic carbocycles. The molecule has 0 saturated carbocycles. The Balaban J connectivity index is 4.32. The molecule has 0 radical (unpaired) electrons. The molecule has 0 aromatic rings. The van der Waals surface area contributed by atoms with E-state index in [-0.39, 0.29) is 11.8 Å². The van der Waals surface area contributed by atoms with Crippen LogP contribution in [-0.2, 0) is 10.0 Å². The van der Waals surface area contributed by atoms with Gasteiger partial charge in [0.1, 0.15) is 0 Å². The van der Waals surface area contributed by atoms with Crippen LogP contribution in [0.1, 0.15) is 33.6 Å². The average Bonchev–Trinajstić information content (AvgIpc) is 2.28. The summed E-state index contributed by atoms with van der Waals surface area (Å²) in [5.74, 6) is 0.231. The number of nitrogens with one attached hydrogen (secondary N) is 1. The second kappa shape index (κ2) is 9.69. The van der Waals surface area contributed by atoms with Gasteiger partial charge >= 0.3 is 0 Å². The van der Waals surface area contributed by atoms with E-state index in [4.69, 9.17) is 0 Å². The summed E-state index contributed by atoms with van der Waals surface area (Å²) in [5, 5.41) is 3.23. The molecule has 1 unspecified atom stereocenters. The zero-order valence-corrected chi connectivity index (χ0v) is 14.0. The van der Waals surface area contributed by atoms with E-state index in [9.17, 15) is 8.42 Å². The van der Waals surface area contributed by atoms with Gasteiger partial charge in [0.15, 0.2) is 0 Å². The SMILES string of the molecule is CCCNCCCS(=O)(=O)N(CC)C(C)CN(C)C. The highest BCUT2D eigenvalue weighted by molar-refractivity contribution is 7.89. The lowest BCUT2D eigenvalue weighted by Gasteiger charge is -2.29. The minimum Gasteiger partial charge on any atom is -0.317 e. The van der Waals surface area contributed by atoms with Crippen LogP contribution in [0.4, 0.5) is 0 Å². The van der Waals surface area contributed by atoms with Crippen LogP contribution in [0.2, 0.25) is 0 Å². The van der Waals surface area contributed by atoms with E-state index in [1.807, 2.05) is 32.8 Å². The van der Waals surface area contributed by atoms with Crippen LogP contribution in [0, 0.1) is 0 Å². The smallest absolute Gasteiger partial charge is 0.214 e. The number of sulfonamides is 1. The van der Waals surface area contributed by atoms with E-state index in [0.29, 0.717) is 13.0 Å². The monoisotopic (exact) mass is 293 g/mol. The molecule has 0 bridgehead atoms. The van der Waals surface area contributed by atoms with Crippen LogP contribution in [0.25, 0.3) is 0 Å². The average molecular weight is 293 g/mol. The largest absolute Gasteiger partial charge is 0.317 e. The van der Waals surface area contributed by atoms with Crippen LogP contribution in [0.3, 0.4) is 0 Å². The van der Waals surface area contributed by atoms with Crippen LogP contribution >= 0.6 is 0 Å². The Morgan fingerprint density at radius 3 is 2.26 bits per heavy atom. The van der Waals surface area contributed by atoms with E-state index in [1.54, 1.807) is 4.31 Å². The first-order chi connectivity index (χ1) is 8.85. The molecule has 1 atom stereocenters. The highest BCUT2D eigenvalue weighted by Gasteiger charge is 2.25. The zero-order valence-electron chi connectivity index (χ0n) is 13.1. The summed E-state index contributed by atoms with van der Waals surface area (Å²) in [4.78, 5) is 2.02. The number of likely N-dealkylation sites (N-methyl/N-ethyl adjacent to an activating group) is 2. The van der Waals surface area contributed by atoms with Gasteiger partial charge in [-0.15, -0.1) is 0 Å². The van der Waals surface area contributed by atoms with Crippen molar-refractivity contribution in [2.45, 2.75) is 39.7 Å². The van der Waals surface area contributed by atoms with Crippen molar-refractivity contribution in [2.75, 3.05) is 46.0 Å². The van der Waals surface area contributed by atoms with Gasteiger partial charge in [0.05, 0.1) is 5.75 Å². The van der Waals surface area contributed by atoms with E-state index >= 15 is 0 Å². The number of hydrogen-bond acceptors (Lipinski definition) is 4. The van der Waals surface area contributed by atoms with E-state index < -0.39 is 10.0 Å². The Morgan fingerprint density at radius 2 is 1.79 bits per heavy atom. The topological polar surface area (TPSA) is 52.7 Å². The van der Waals surface area contributed by atoms with Crippen molar-refractivity contribution >= 4 is 10.0 Å². The van der Waals surface area contributed by atoms with E-state index in [1.165, 1.54) is 0 Å². The first-order valence-electron chi connectivity index (χ1n) is 7.20. The summed E-state index contributed by atoms with van der Waals surface area (Å²) in [6, 6.07) is 0.0219. The Hall–Kier alpha value is -0.170. The molecule has 0 aromatic heterocycles. The van der Waals surface area contributed by atoms with Gasteiger partial charge in [0.25, 0.3) is 0 Å². The van der Waals surface area contributed by atoms with Gasteiger partial charge in [-0.05, 0) is 47.0 Å². The van der Waals surface area contributed by atoms with E-state index in [0.717, 1.165) is 26.1 Å². The summed E-state index contributed by atoms with van der Waals surface area (Å²) in [5.41, 5.74) is 0. The fourth-order valence-corrected chi connectivity index (χ4v) is 3.95. The van der Waals surface area contributed by atoms with Gasteiger partial charge < -0.3 is 10.2 Å². The highest BCUT2D eigenvalue weighted by atomic mass is 32.2. The normalized spacial score (nSPS) is 14.3. The molecule has 0 heterocycles. The maximum atomic E-state index is 12.3. The molecular formula is C13H31N3O2S. The van der Waals surface area contributed by atoms with Crippen molar-refractivity contribution in [2.24, 2.45) is 0 Å². The Bertz CT molecular complexity index is 318. The van der Waals surface area contributed by atoms with Gasteiger partial charge in [-0.2, -0.15) is 4.31 Å². The van der Waals surface area contributed by atoms with Gasteiger partial charge in [-0.3, -0.25) is 0 Å². The molecule has 0 aliphatic carbocycles. The van der Waals surface area contributed by atoms with Crippen molar-refractivity contribution in [3.63, 3.8) is 0 Å². The molecule has 0 fully saturated rings. The molecule has 6 heteroatoms. The van der Waals surface area contributed by atoms with Gasteiger partial charge in [-0.1, -0.05) is 13.8 Å². The standard InChI is InChI=1S/C13H31N3O2S/c1-6-9-14-10-8-11-19(17,18)16(7-2)13(3)12-15(4)5/h13-14H,6-12H2,1-5H3. The summed E-state index contributed by atoms with van der Waals surface area (Å²) in [7, 11) is 0.790. The molecule has 1 N–H and O–H groups in total. The van der Waals surface area contributed by atoms with Crippen molar-refractivity contribution in [3.05, 3.63) is 0 Å². The minimum absolute atomic E-state index is 0.0219. The maximum Gasteiger partial charge on any atom is 0.214 e. The minimum atomic E-state index is -3.14. The summed E-state index contributed by atoms with van der Waals surface area (Å²) in [6.07, 6.45) is 1.75. The summed E-state index contributed by atoms with van der Waals surface area (Å²) in [6.45, 7) is 8.99. The molecule has 0 rings (SSSR count). The second-order valence-electron chi connectivity index (χ2n) is 5.23. The third-order valence-corrected chi connectivity index (χ3v) is 5.11. The molecule has 0 spiro atoms. The quantitative estimate of drug-likeness (QED) is 0.577. The van der Waals surface area contributed by atoms with Gasteiger partial charge in [0.2, 0.25) is 10.0 Å². The second-order valence-corrected chi connectivity index (χ2v) is 7.28. The van der Waals surface area contributed by atoms with Gasteiger partial charge in [0, 0.05) is 19.1 Å². The van der Waals surface area contributed by atoms with Crippen molar-refractivity contribution < 1.29 is 8.42 Å². The predicted octanol–water partition coefficient (Wildman–Crippen LogP) is 0.978. The first-order valence-corrected chi connectivity index (χ1v) is 8.81. The number of hydrogen-bond donors (Lipinski definition) is 1. The molecule has 116 valence electrons. The van der Waals surface area contributed by atoms with E-state index in [2.05, 4.69) is 12.2 Å². The molecule has 5 nitrogen and oxygen atoms in total. The summed E-state index contributed by atoms with van der Waals surface area (Å²) < 4.78 is 26.2. The number of nitrogens with zero attached hydrogens (tertiary/aromatic N) is 2. The molecule has 19 heavy (non-hydrogen) atoms. The van der Waals surface area contributed by atoms with Crippen molar-refractivity contribution in [1.29, 1.82) is 0 Å². The molecule has 0 saturated heterocycles. The lowest BCUT2D eigenvalue weighted by Crippen LogP contribution is -2.44.